The number of nitrogens with one attached hydrogen (secondary N) is 1. The van der Waals surface area contributed by atoms with Gasteiger partial charge in [-0.05, 0) is 18.3 Å². The topological polar surface area (TPSA) is 58.6 Å². The molecule has 0 aromatic carbocycles. The van der Waals surface area contributed by atoms with E-state index in [2.05, 4.69) is 17.0 Å². The zero-order chi connectivity index (χ0) is 13.7. The van der Waals surface area contributed by atoms with Gasteiger partial charge in [0.2, 0.25) is 5.91 Å². The molecule has 1 aliphatic rings. The van der Waals surface area contributed by atoms with Gasteiger partial charge in [-0.1, -0.05) is 27.2 Å². The van der Waals surface area contributed by atoms with E-state index in [1.54, 1.807) is 0 Å². The fourth-order valence-corrected chi connectivity index (χ4v) is 2.20. The molecule has 1 unspecified atom stereocenters. The maximum atomic E-state index is 12.4. The Bertz CT molecular complexity index is 307. The lowest BCUT2D eigenvalue weighted by atomic mass is 9.98. The van der Waals surface area contributed by atoms with Crippen molar-refractivity contribution in [2.75, 3.05) is 20.2 Å². The molecule has 1 heterocycles. The SMILES string of the molecule is CC[C@@H](C)[C@H](NC(=O)OC)C(=O)N1CCC(C)C1. The fourth-order valence-electron chi connectivity index (χ4n) is 2.20. The van der Waals surface area contributed by atoms with Crippen molar-refractivity contribution < 1.29 is 14.3 Å². The van der Waals surface area contributed by atoms with Crippen molar-refractivity contribution in [2.45, 2.75) is 39.7 Å². The summed E-state index contributed by atoms with van der Waals surface area (Å²) in [6.45, 7) is 7.69. The zero-order valence-electron chi connectivity index (χ0n) is 11.7. The molecule has 2 amide bonds. The summed E-state index contributed by atoms with van der Waals surface area (Å²) >= 11 is 0. The van der Waals surface area contributed by atoms with Crippen LogP contribution < -0.4 is 5.32 Å². The van der Waals surface area contributed by atoms with E-state index >= 15 is 0 Å². The van der Waals surface area contributed by atoms with E-state index in [1.807, 2.05) is 18.7 Å². The summed E-state index contributed by atoms with van der Waals surface area (Å²) in [5.41, 5.74) is 0. The Labute approximate surface area is 109 Å². The summed E-state index contributed by atoms with van der Waals surface area (Å²) in [5, 5.41) is 2.66. The Morgan fingerprint density at radius 3 is 2.61 bits per heavy atom. The van der Waals surface area contributed by atoms with E-state index in [0.717, 1.165) is 25.9 Å². The summed E-state index contributed by atoms with van der Waals surface area (Å²) in [6.07, 6.45) is 1.34. The summed E-state index contributed by atoms with van der Waals surface area (Å²) in [4.78, 5) is 25.6. The second-order valence-corrected chi connectivity index (χ2v) is 5.18. The van der Waals surface area contributed by atoms with Gasteiger partial charge in [-0.25, -0.2) is 4.79 Å². The molecule has 0 aromatic heterocycles. The number of hydrogen-bond acceptors (Lipinski definition) is 3. The maximum absolute atomic E-state index is 12.4. The van der Waals surface area contributed by atoms with Crippen LogP contribution >= 0.6 is 0 Å². The van der Waals surface area contributed by atoms with Gasteiger partial charge in [0, 0.05) is 13.1 Å². The van der Waals surface area contributed by atoms with Crippen molar-refractivity contribution in [3.05, 3.63) is 0 Å². The molecule has 104 valence electrons. The number of alkyl carbamates (subject to hydrolysis) is 1. The third kappa shape index (κ3) is 3.62. The van der Waals surface area contributed by atoms with Gasteiger partial charge in [0.05, 0.1) is 7.11 Å². The van der Waals surface area contributed by atoms with Crippen LogP contribution in [0.15, 0.2) is 0 Å². The normalized spacial score (nSPS) is 22.4. The molecule has 18 heavy (non-hydrogen) atoms. The highest BCUT2D eigenvalue weighted by molar-refractivity contribution is 5.86. The second-order valence-electron chi connectivity index (χ2n) is 5.18. The molecule has 1 rings (SSSR count). The minimum absolute atomic E-state index is 0.0131. The van der Waals surface area contributed by atoms with Crippen molar-refractivity contribution in [3.8, 4) is 0 Å². The molecule has 0 bridgehead atoms. The van der Waals surface area contributed by atoms with Crippen LogP contribution in [0.1, 0.15) is 33.6 Å². The molecular weight excluding hydrogens is 232 g/mol. The number of rotatable bonds is 4. The van der Waals surface area contributed by atoms with Crippen LogP contribution in [-0.2, 0) is 9.53 Å². The third-order valence-electron chi connectivity index (χ3n) is 3.67. The van der Waals surface area contributed by atoms with Crippen molar-refractivity contribution in [1.82, 2.24) is 10.2 Å². The first-order valence-corrected chi connectivity index (χ1v) is 6.62. The van der Waals surface area contributed by atoms with Crippen LogP contribution in [0.5, 0.6) is 0 Å². The predicted molar refractivity (Wildman–Crippen MR) is 69.1 cm³/mol. The van der Waals surface area contributed by atoms with Crippen LogP contribution in [0, 0.1) is 11.8 Å². The maximum Gasteiger partial charge on any atom is 0.407 e. The number of ether oxygens (including phenoxy) is 1. The molecule has 1 fully saturated rings. The Balaban J connectivity index is 2.69. The average molecular weight is 256 g/mol. The molecule has 5 heteroatoms. The van der Waals surface area contributed by atoms with E-state index < -0.39 is 12.1 Å². The number of hydrogen-bond donors (Lipinski definition) is 1. The van der Waals surface area contributed by atoms with Gasteiger partial charge >= 0.3 is 6.09 Å². The minimum atomic E-state index is -0.541. The van der Waals surface area contributed by atoms with Crippen LogP contribution in [0.3, 0.4) is 0 Å². The summed E-state index contributed by atoms with van der Waals surface area (Å²) in [6, 6.07) is -0.479. The smallest absolute Gasteiger partial charge is 0.407 e. The molecular formula is C13H24N2O3. The van der Waals surface area contributed by atoms with E-state index in [0.29, 0.717) is 5.92 Å². The first kappa shape index (κ1) is 14.8. The van der Waals surface area contributed by atoms with Crippen molar-refractivity contribution >= 4 is 12.0 Å². The second kappa shape index (κ2) is 6.61. The quantitative estimate of drug-likeness (QED) is 0.831. The summed E-state index contributed by atoms with van der Waals surface area (Å²) in [7, 11) is 1.31. The van der Waals surface area contributed by atoms with Crippen LogP contribution in [-0.4, -0.2) is 43.1 Å². The molecule has 0 aliphatic carbocycles. The highest BCUT2D eigenvalue weighted by atomic mass is 16.5. The number of likely N-dealkylation sites (tertiary alicyclic amines) is 1. The van der Waals surface area contributed by atoms with E-state index in [9.17, 15) is 9.59 Å². The summed E-state index contributed by atoms with van der Waals surface area (Å²) < 4.78 is 4.59. The van der Waals surface area contributed by atoms with E-state index in [-0.39, 0.29) is 11.8 Å². The van der Waals surface area contributed by atoms with E-state index in [4.69, 9.17) is 0 Å². The molecule has 0 radical (unpaired) electrons. The van der Waals surface area contributed by atoms with Crippen LogP contribution in [0.4, 0.5) is 4.79 Å². The number of methoxy groups -OCH3 is 1. The molecule has 3 atom stereocenters. The first-order chi connectivity index (χ1) is 8.49. The number of carbonyl (C=O) groups is 2. The largest absolute Gasteiger partial charge is 0.453 e. The van der Waals surface area contributed by atoms with Crippen LogP contribution in [0.2, 0.25) is 0 Å². The van der Waals surface area contributed by atoms with Crippen LogP contribution in [0.25, 0.3) is 0 Å². The van der Waals surface area contributed by atoms with Gasteiger partial charge in [-0.2, -0.15) is 0 Å². The molecule has 0 aromatic rings. The van der Waals surface area contributed by atoms with E-state index in [1.165, 1.54) is 7.11 Å². The lowest BCUT2D eigenvalue weighted by Crippen LogP contribution is -2.51. The minimum Gasteiger partial charge on any atom is -0.453 e. The van der Waals surface area contributed by atoms with Crippen molar-refractivity contribution in [3.63, 3.8) is 0 Å². The highest BCUT2D eigenvalue weighted by Crippen LogP contribution is 2.19. The Morgan fingerprint density at radius 2 is 2.17 bits per heavy atom. The molecule has 0 spiro atoms. The first-order valence-electron chi connectivity index (χ1n) is 6.62. The molecule has 1 saturated heterocycles. The Hall–Kier alpha value is -1.26. The van der Waals surface area contributed by atoms with Gasteiger partial charge < -0.3 is 15.0 Å². The highest BCUT2D eigenvalue weighted by Gasteiger charge is 2.33. The molecule has 1 aliphatic heterocycles. The Morgan fingerprint density at radius 1 is 1.50 bits per heavy atom. The third-order valence-corrected chi connectivity index (χ3v) is 3.67. The molecule has 0 saturated carbocycles. The zero-order valence-corrected chi connectivity index (χ0v) is 11.7. The lowest BCUT2D eigenvalue weighted by Gasteiger charge is -2.27. The van der Waals surface area contributed by atoms with Gasteiger partial charge in [-0.15, -0.1) is 0 Å². The monoisotopic (exact) mass is 256 g/mol. The number of nitrogens with zero attached hydrogens (tertiary/aromatic N) is 1. The van der Waals surface area contributed by atoms with Crippen molar-refractivity contribution in [2.24, 2.45) is 11.8 Å². The van der Waals surface area contributed by atoms with Gasteiger partial charge in [0.1, 0.15) is 6.04 Å². The number of carbonyl (C=O) groups excluding carboxylic acids is 2. The van der Waals surface area contributed by atoms with Gasteiger partial charge in [0.15, 0.2) is 0 Å². The van der Waals surface area contributed by atoms with Gasteiger partial charge in [-0.3, -0.25) is 4.79 Å². The standard InChI is InChI=1S/C13H24N2O3/c1-5-10(3)11(14-13(17)18-4)12(16)15-7-6-9(2)8-15/h9-11H,5-8H2,1-4H3,(H,14,17)/t9?,10-,11+/m1/s1. The fraction of sp³-hybridized carbons (Fsp3) is 0.846. The predicted octanol–water partition coefficient (Wildman–Crippen LogP) is 1.63. The number of amides is 2. The molecule has 1 N–H and O–H groups in total. The van der Waals surface area contributed by atoms with Gasteiger partial charge in [0.25, 0.3) is 0 Å². The van der Waals surface area contributed by atoms with Crippen molar-refractivity contribution in [1.29, 1.82) is 0 Å². The average Bonchev–Trinajstić information content (AvgIpc) is 2.80. The lowest BCUT2D eigenvalue weighted by molar-refractivity contribution is -0.133. The molecule has 5 nitrogen and oxygen atoms in total. The summed E-state index contributed by atoms with van der Waals surface area (Å²) in [5.74, 6) is 0.663. The Kier molecular flexibility index (Phi) is 5.44.